The average molecular weight is 375 g/mol. The molecular formula is C20H25NO4S. The first-order valence-corrected chi connectivity index (χ1v) is 9.73. The smallest absolute Gasteiger partial charge is 0.343 e. The van der Waals surface area contributed by atoms with E-state index in [0.717, 1.165) is 15.4 Å². The first-order valence-electron chi connectivity index (χ1n) is 8.29. The maximum Gasteiger partial charge on any atom is 0.343 e. The van der Waals surface area contributed by atoms with Crippen molar-refractivity contribution >= 4 is 16.0 Å². The van der Waals surface area contributed by atoms with Gasteiger partial charge >= 0.3 is 5.97 Å². The summed E-state index contributed by atoms with van der Waals surface area (Å²) in [6.45, 7) is 8.26. The van der Waals surface area contributed by atoms with Crippen molar-refractivity contribution in [3.63, 3.8) is 0 Å². The van der Waals surface area contributed by atoms with Crippen LogP contribution in [0, 0.1) is 6.92 Å². The van der Waals surface area contributed by atoms with Crippen molar-refractivity contribution in [3.8, 4) is 5.75 Å². The molecule has 0 N–H and O–H groups in total. The molecule has 0 aliphatic carbocycles. The monoisotopic (exact) mass is 375 g/mol. The molecule has 0 aliphatic heterocycles. The molecule has 0 saturated carbocycles. The van der Waals surface area contributed by atoms with Gasteiger partial charge in [-0.3, -0.25) is 0 Å². The minimum absolute atomic E-state index is 0.0149. The Morgan fingerprint density at radius 2 is 1.58 bits per heavy atom. The Morgan fingerprint density at radius 3 is 2.04 bits per heavy atom. The number of ether oxygens (including phenoxy) is 1. The number of sulfonamides is 1. The number of carbonyl (C=O) groups excluding carboxylic acids is 1. The number of hydrogen-bond acceptors (Lipinski definition) is 4. The van der Waals surface area contributed by atoms with Crippen LogP contribution in [0.3, 0.4) is 0 Å². The molecular weight excluding hydrogens is 350 g/mol. The highest BCUT2D eigenvalue weighted by Crippen LogP contribution is 2.28. The number of aryl methyl sites for hydroxylation is 1. The van der Waals surface area contributed by atoms with Gasteiger partial charge in [0.1, 0.15) is 5.75 Å². The number of carbonyl (C=O) groups is 1. The van der Waals surface area contributed by atoms with E-state index in [0.29, 0.717) is 11.3 Å². The molecule has 0 unspecified atom stereocenters. The largest absolute Gasteiger partial charge is 0.423 e. The minimum Gasteiger partial charge on any atom is -0.423 e. The molecule has 2 rings (SSSR count). The van der Waals surface area contributed by atoms with Crippen LogP contribution in [0.5, 0.6) is 5.75 Å². The lowest BCUT2D eigenvalue weighted by Gasteiger charge is -2.20. The molecule has 26 heavy (non-hydrogen) atoms. The van der Waals surface area contributed by atoms with E-state index in [-0.39, 0.29) is 10.3 Å². The van der Waals surface area contributed by atoms with Gasteiger partial charge in [0.05, 0.1) is 10.5 Å². The van der Waals surface area contributed by atoms with Gasteiger partial charge in [-0.2, -0.15) is 0 Å². The SMILES string of the molecule is Cc1cc(C(C)(C)C)ccc1OC(=O)c1ccc(S(=O)(=O)N(C)C)cc1. The predicted octanol–water partition coefficient (Wildman–Crippen LogP) is 3.76. The fraction of sp³-hybridized carbons (Fsp3) is 0.350. The first-order chi connectivity index (χ1) is 11.9. The molecule has 5 nitrogen and oxygen atoms in total. The van der Waals surface area contributed by atoms with Gasteiger partial charge in [0, 0.05) is 14.1 Å². The Balaban J connectivity index is 2.21. The molecule has 6 heteroatoms. The Kier molecular flexibility index (Phi) is 5.58. The highest BCUT2D eigenvalue weighted by molar-refractivity contribution is 7.89. The first kappa shape index (κ1) is 20.1. The molecule has 0 radical (unpaired) electrons. The molecule has 0 aliphatic rings. The van der Waals surface area contributed by atoms with Gasteiger partial charge < -0.3 is 4.74 Å². The van der Waals surface area contributed by atoms with E-state index in [2.05, 4.69) is 20.8 Å². The van der Waals surface area contributed by atoms with Crippen molar-refractivity contribution in [2.75, 3.05) is 14.1 Å². The Morgan fingerprint density at radius 1 is 1.00 bits per heavy atom. The van der Waals surface area contributed by atoms with Crippen LogP contribution in [0.2, 0.25) is 0 Å². The van der Waals surface area contributed by atoms with Crippen LogP contribution in [0.25, 0.3) is 0 Å². The van der Waals surface area contributed by atoms with Crippen molar-refractivity contribution in [1.82, 2.24) is 4.31 Å². The Hall–Kier alpha value is -2.18. The topological polar surface area (TPSA) is 63.7 Å². The zero-order chi connectivity index (χ0) is 19.7. The maximum absolute atomic E-state index is 12.4. The van der Waals surface area contributed by atoms with Crippen LogP contribution in [-0.4, -0.2) is 32.8 Å². The predicted molar refractivity (Wildman–Crippen MR) is 102 cm³/mol. The van der Waals surface area contributed by atoms with Gasteiger partial charge in [-0.15, -0.1) is 0 Å². The summed E-state index contributed by atoms with van der Waals surface area (Å²) in [7, 11) is -0.603. The van der Waals surface area contributed by atoms with E-state index in [1.807, 2.05) is 19.1 Å². The van der Waals surface area contributed by atoms with E-state index in [9.17, 15) is 13.2 Å². The third-order valence-corrected chi connectivity index (χ3v) is 5.94. The van der Waals surface area contributed by atoms with Crippen molar-refractivity contribution in [2.24, 2.45) is 0 Å². The molecule has 0 spiro atoms. The third-order valence-electron chi connectivity index (χ3n) is 4.11. The van der Waals surface area contributed by atoms with Crippen molar-refractivity contribution in [2.45, 2.75) is 38.0 Å². The van der Waals surface area contributed by atoms with Crippen molar-refractivity contribution < 1.29 is 17.9 Å². The van der Waals surface area contributed by atoms with Crippen LogP contribution in [0.1, 0.15) is 42.3 Å². The van der Waals surface area contributed by atoms with Crippen LogP contribution < -0.4 is 4.74 Å². The molecule has 0 heterocycles. The Bertz CT molecular complexity index is 908. The summed E-state index contributed by atoms with van der Waals surface area (Å²) in [5, 5.41) is 0. The van der Waals surface area contributed by atoms with E-state index >= 15 is 0 Å². The fourth-order valence-corrected chi connectivity index (χ4v) is 3.26. The number of hydrogen-bond donors (Lipinski definition) is 0. The molecule has 2 aromatic carbocycles. The molecule has 0 saturated heterocycles. The summed E-state index contributed by atoms with van der Waals surface area (Å²) in [5.41, 5.74) is 2.34. The molecule has 0 fully saturated rings. The van der Waals surface area contributed by atoms with Gasteiger partial charge in [0.15, 0.2) is 0 Å². The summed E-state index contributed by atoms with van der Waals surface area (Å²) in [4.78, 5) is 12.5. The van der Waals surface area contributed by atoms with Gasteiger partial charge in [-0.05, 0) is 53.8 Å². The van der Waals surface area contributed by atoms with Gasteiger partial charge in [-0.1, -0.05) is 32.9 Å². The molecule has 0 bridgehead atoms. The number of rotatable bonds is 4. The molecule has 2 aromatic rings. The highest BCUT2D eigenvalue weighted by Gasteiger charge is 2.19. The lowest BCUT2D eigenvalue weighted by Crippen LogP contribution is -2.22. The summed E-state index contributed by atoms with van der Waals surface area (Å²) in [6, 6.07) is 11.5. The van der Waals surface area contributed by atoms with Crippen molar-refractivity contribution in [3.05, 3.63) is 59.2 Å². The van der Waals surface area contributed by atoms with E-state index in [1.54, 1.807) is 6.07 Å². The molecule has 140 valence electrons. The standard InChI is InChI=1S/C20H25NO4S/c1-14-13-16(20(2,3)4)9-12-18(14)25-19(22)15-7-10-17(11-8-15)26(23,24)21(5)6/h7-13H,1-6H3. The second-order valence-electron chi connectivity index (χ2n) is 7.43. The van der Waals surface area contributed by atoms with Crippen LogP contribution in [0.15, 0.2) is 47.4 Å². The highest BCUT2D eigenvalue weighted by atomic mass is 32.2. The van der Waals surface area contributed by atoms with Crippen LogP contribution in [0.4, 0.5) is 0 Å². The quantitative estimate of drug-likeness (QED) is 0.603. The molecule has 0 aromatic heterocycles. The molecule has 0 amide bonds. The lowest BCUT2D eigenvalue weighted by atomic mass is 9.86. The van der Waals surface area contributed by atoms with Gasteiger partial charge in [-0.25, -0.2) is 17.5 Å². The second-order valence-corrected chi connectivity index (χ2v) is 9.58. The lowest BCUT2D eigenvalue weighted by molar-refractivity contribution is 0.0733. The number of nitrogens with zero attached hydrogens (tertiary/aromatic N) is 1. The summed E-state index contributed by atoms with van der Waals surface area (Å²) in [5.74, 6) is -0.0293. The van der Waals surface area contributed by atoms with E-state index in [4.69, 9.17) is 4.74 Å². The number of esters is 1. The zero-order valence-electron chi connectivity index (χ0n) is 16.0. The summed E-state index contributed by atoms with van der Waals surface area (Å²) in [6.07, 6.45) is 0. The van der Waals surface area contributed by atoms with Crippen LogP contribution >= 0.6 is 0 Å². The normalized spacial score (nSPS) is 12.3. The molecule has 0 atom stereocenters. The average Bonchev–Trinajstić information content (AvgIpc) is 2.55. The summed E-state index contributed by atoms with van der Waals surface area (Å²) >= 11 is 0. The minimum atomic E-state index is -3.52. The Labute approximate surface area is 155 Å². The maximum atomic E-state index is 12.4. The summed E-state index contributed by atoms with van der Waals surface area (Å²) < 4.78 is 30.7. The number of benzene rings is 2. The van der Waals surface area contributed by atoms with Crippen LogP contribution in [-0.2, 0) is 15.4 Å². The zero-order valence-corrected chi connectivity index (χ0v) is 16.8. The second kappa shape index (κ2) is 7.21. The van der Waals surface area contributed by atoms with E-state index < -0.39 is 16.0 Å². The third kappa shape index (κ3) is 4.31. The fourth-order valence-electron chi connectivity index (χ4n) is 2.36. The van der Waals surface area contributed by atoms with Crippen molar-refractivity contribution in [1.29, 1.82) is 0 Å². The van der Waals surface area contributed by atoms with Gasteiger partial charge in [0.25, 0.3) is 0 Å². The van der Waals surface area contributed by atoms with Gasteiger partial charge in [0.2, 0.25) is 10.0 Å². The van der Waals surface area contributed by atoms with E-state index in [1.165, 1.54) is 38.4 Å².